The van der Waals surface area contributed by atoms with Gasteiger partial charge in [-0.15, -0.1) is 13.2 Å². The van der Waals surface area contributed by atoms with Crippen molar-refractivity contribution in [3.8, 4) is 0 Å². The number of unbranched alkanes of at least 4 members (excludes halogenated alkanes) is 4. The largest absolute Gasteiger partial charge is 2.00 e. The Morgan fingerprint density at radius 3 is 1.33 bits per heavy atom. The third-order valence-electron chi connectivity index (χ3n) is 2.70. The molecule has 6 nitrogen and oxygen atoms in total. The van der Waals surface area contributed by atoms with Gasteiger partial charge in [0.2, 0.25) is 0 Å². The van der Waals surface area contributed by atoms with E-state index in [0.29, 0.717) is 13.2 Å². The zero-order valence-electron chi connectivity index (χ0n) is 16.5. The molecule has 156 valence electrons. The molecule has 0 N–H and O–H groups in total. The van der Waals surface area contributed by atoms with Crippen LogP contribution in [0.2, 0.25) is 0 Å². The minimum absolute atomic E-state index is 0. The van der Waals surface area contributed by atoms with Crippen LogP contribution in [0, 0.1) is 0 Å². The molecule has 2 unspecified atom stereocenters. The van der Waals surface area contributed by atoms with Gasteiger partial charge in [0.25, 0.3) is 0 Å². The summed E-state index contributed by atoms with van der Waals surface area (Å²) < 4.78 is 19.4. The molecule has 0 aliphatic carbocycles. The molecule has 0 saturated carbocycles. The smallest absolute Gasteiger partial charge is 0.780 e. The van der Waals surface area contributed by atoms with Crippen molar-refractivity contribution in [2.24, 2.45) is 0 Å². The van der Waals surface area contributed by atoms with E-state index in [9.17, 15) is 9.79 Å². The van der Waals surface area contributed by atoms with Crippen molar-refractivity contribution in [3.05, 3.63) is 25.3 Å². The van der Waals surface area contributed by atoms with Crippen LogP contribution in [0.3, 0.4) is 0 Å². The van der Waals surface area contributed by atoms with Crippen molar-refractivity contribution >= 4 is 37.1 Å². The third-order valence-corrected chi connectivity index (χ3v) is 5.89. The third kappa shape index (κ3) is 27.2. The predicted molar refractivity (Wildman–Crippen MR) is 112 cm³/mol. The van der Waals surface area contributed by atoms with E-state index in [1.54, 1.807) is 0 Å². The van der Waals surface area contributed by atoms with Gasteiger partial charge in [0.1, 0.15) is 13.4 Å². The fourth-order valence-corrected chi connectivity index (χ4v) is 3.66. The van der Waals surface area contributed by atoms with Gasteiger partial charge in [0.15, 0.2) is 0 Å². The molecule has 0 fully saturated rings. The van der Waals surface area contributed by atoms with E-state index >= 15 is 0 Å². The molecule has 0 amide bonds. The van der Waals surface area contributed by atoms with E-state index < -0.39 is 13.4 Å². The van der Waals surface area contributed by atoms with Crippen LogP contribution in [0.5, 0.6) is 0 Å². The quantitative estimate of drug-likeness (QED) is 0.133. The number of hydrogen-bond acceptors (Lipinski definition) is 8. The monoisotopic (exact) mass is 510 g/mol. The molecule has 11 heteroatoms. The maximum Gasteiger partial charge on any atom is 2.00 e. The van der Waals surface area contributed by atoms with Crippen LogP contribution in [-0.2, 0) is 61.2 Å². The average molecular weight is 512 g/mol. The fourth-order valence-electron chi connectivity index (χ4n) is 1.42. The average Bonchev–Trinajstić information content (AvgIpc) is 2.60. The number of rotatable bonds is 16. The molecule has 0 aromatic heterocycles. The summed E-state index contributed by atoms with van der Waals surface area (Å²) in [7, 11) is 0. The molecule has 0 aliphatic heterocycles. The van der Waals surface area contributed by atoms with E-state index in [-0.39, 0.29) is 32.7 Å². The van der Waals surface area contributed by atoms with Crippen LogP contribution in [0.4, 0.5) is 0 Å². The molecule has 0 radical (unpaired) electrons. The summed E-state index contributed by atoms with van der Waals surface area (Å²) in [5.41, 5.74) is 0. The normalized spacial score (nSPS) is 14.7. The van der Waals surface area contributed by atoms with Crippen molar-refractivity contribution < 1.29 is 47.4 Å². The first-order valence-electron chi connectivity index (χ1n) is 8.66. The second kappa shape index (κ2) is 21.9. The summed E-state index contributed by atoms with van der Waals surface area (Å²) in [6, 6.07) is 0. The summed E-state index contributed by atoms with van der Waals surface area (Å²) in [5, 5.41) is 0. The summed E-state index contributed by atoms with van der Waals surface area (Å²) in [5.74, 6) is 0. The Labute approximate surface area is 188 Å². The first-order valence-corrected chi connectivity index (χ1v) is 13.8. The van der Waals surface area contributed by atoms with Crippen LogP contribution < -0.4 is 9.79 Å². The Kier molecular flexibility index (Phi) is 26.6. The first kappa shape index (κ1) is 32.8. The van der Waals surface area contributed by atoms with Crippen LogP contribution in [0.15, 0.2) is 25.3 Å². The maximum absolute atomic E-state index is 11.3. The van der Waals surface area contributed by atoms with Crippen molar-refractivity contribution in [1.82, 2.24) is 0 Å². The summed E-state index contributed by atoms with van der Waals surface area (Å²) in [6.45, 7) is 5.71. The van der Waals surface area contributed by atoms with E-state index in [4.69, 9.17) is 18.1 Å². The molecule has 0 aromatic carbocycles. The Hall–Kier alpha value is 1.16. The second-order valence-corrected chi connectivity index (χ2v) is 10.6. The summed E-state index contributed by atoms with van der Waals surface area (Å²) in [6.07, 6.45) is 9.02. The van der Waals surface area contributed by atoms with Gasteiger partial charge in [0.05, 0.1) is 26.4 Å². The predicted octanol–water partition coefficient (Wildman–Crippen LogP) is 3.96. The van der Waals surface area contributed by atoms with Gasteiger partial charge in [-0.3, -0.25) is 0 Å². The minimum atomic E-state index is -3.24. The molecular formula is C16H32O6P2S2Zn. The molecule has 0 aromatic rings. The van der Waals surface area contributed by atoms with Crippen LogP contribution in [0.1, 0.15) is 52.4 Å². The van der Waals surface area contributed by atoms with Gasteiger partial charge < -0.3 is 27.9 Å². The summed E-state index contributed by atoms with van der Waals surface area (Å²) in [4.78, 5) is 22.5. The zero-order chi connectivity index (χ0) is 20.3. The molecule has 0 spiro atoms. The summed E-state index contributed by atoms with van der Waals surface area (Å²) >= 11 is 9.24. The first-order chi connectivity index (χ1) is 12.2. The number of hydrogen-bond donors (Lipinski definition) is 0. The van der Waals surface area contributed by atoms with Crippen LogP contribution >= 0.6 is 13.4 Å². The van der Waals surface area contributed by atoms with Gasteiger partial charge in [0, 0.05) is 0 Å². The van der Waals surface area contributed by atoms with E-state index in [1.165, 1.54) is 12.2 Å². The van der Waals surface area contributed by atoms with Crippen molar-refractivity contribution in [2.75, 3.05) is 26.4 Å². The maximum atomic E-state index is 11.3. The molecular weight excluding hydrogens is 480 g/mol. The molecule has 0 saturated heterocycles. The molecule has 27 heavy (non-hydrogen) atoms. The molecule has 0 rings (SSSR count). The van der Waals surface area contributed by atoms with Gasteiger partial charge in [-0.05, 0) is 12.8 Å². The van der Waals surface area contributed by atoms with Crippen molar-refractivity contribution in [3.63, 3.8) is 0 Å². The minimum Gasteiger partial charge on any atom is -0.780 e. The topological polar surface area (TPSA) is 83.0 Å². The van der Waals surface area contributed by atoms with Gasteiger partial charge in [-0.25, -0.2) is 0 Å². The standard InChI is InChI=1S/2C8H17O3PS.Zn/c2*1-3-5-6-8-11-12(9,13)10-7-4-2;/h2*4H,2-3,5-8H2,1H3,(H,9,13);/q;;+2/p-2. The Bertz CT molecular complexity index is 415. The zero-order valence-corrected chi connectivity index (χ0v) is 22.9. The van der Waals surface area contributed by atoms with Crippen LogP contribution in [0.25, 0.3) is 0 Å². The molecule has 0 heterocycles. The fraction of sp³-hybridized carbons (Fsp3) is 0.750. The molecule has 2 atom stereocenters. The molecule has 0 bridgehead atoms. The van der Waals surface area contributed by atoms with E-state index in [0.717, 1.165) is 38.5 Å². The Morgan fingerprint density at radius 2 is 1.07 bits per heavy atom. The van der Waals surface area contributed by atoms with Crippen molar-refractivity contribution in [1.29, 1.82) is 0 Å². The van der Waals surface area contributed by atoms with Gasteiger partial charge in [-0.1, -0.05) is 75.3 Å². The Morgan fingerprint density at radius 1 is 0.741 bits per heavy atom. The van der Waals surface area contributed by atoms with Crippen LogP contribution in [-0.4, -0.2) is 26.4 Å². The SMILES string of the molecule is C=CCOP([O-])(=S)OCCCCC.C=CCOP([O-])(=S)OCCCCC.[Zn+2]. The Balaban J connectivity index is -0.000000411. The molecule has 0 aliphatic rings. The van der Waals surface area contributed by atoms with Crippen molar-refractivity contribution in [2.45, 2.75) is 52.4 Å². The van der Waals surface area contributed by atoms with Gasteiger partial charge >= 0.3 is 19.5 Å². The van der Waals surface area contributed by atoms with E-state index in [1.807, 2.05) is 0 Å². The second-order valence-electron chi connectivity index (χ2n) is 5.14. The van der Waals surface area contributed by atoms with E-state index in [2.05, 4.69) is 50.6 Å². The van der Waals surface area contributed by atoms with Gasteiger partial charge in [-0.2, -0.15) is 0 Å².